The number of methoxy groups -OCH3 is 1. The summed E-state index contributed by atoms with van der Waals surface area (Å²) in [6, 6.07) is 16.2. The minimum atomic E-state index is -0.382. The van der Waals surface area contributed by atoms with Gasteiger partial charge in [-0.15, -0.1) is 0 Å². The fourth-order valence-electron chi connectivity index (χ4n) is 1.90. The molecule has 0 heterocycles. The maximum atomic E-state index is 12.1. The predicted octanol–water partition coefficient (Wildman–Crippen LogP) is 3.06. The number of ether oxygens (including phenoxy) is 2. The summed E-state index contributed by atoms with van der Waals surface area (Å²) in [4.78, 5) is 12.1. The average Bonchev–Trinajstić information content (AvgIpc) is 2.54. The van der Waals surface area contributed by atoms with E-state index in [9.17, 15) is 4.79 Å². The third kappa shape index (κ3) is 3.91. The van der Waals surface area contributed by atoms with Crippen molar-refractivity contribution in [2.45, 2.75) is 13.2 Å². The molecule has 0 saturated heterocycles. The average molecular weight is 281 g/mol. The van der Waals surface area contributed by atoms with E-state index >= 15 is 0 Å². The first-order chi connectivity index (χ1) is 10.2. The Balaban J connectivity index is 2.03. The van der Waals surface area contributed by atoms with Crippen LogP contribution in [0, 0.1) is 11.3 Å². The second-order valence-electron chi connectivity index (χ2n) is 4.48. The van der Waals surface area contributed by atoms with Gasteiger partial charge in [0.05, 0.1) is 23.8 Å². The van der Waals surface area contributed by atoms with Crippen LogP contribution >= 0.6 is 0 Å². The highest BCUT2D eigenvalue weighted by molar-refractivity contribution is 5.91. The summed E-state index contributed by atoms with van der Waals surface area (Å²) in [6.45, 7) is 0.536. The lowest BCUT2D eigenvalue weighted by molar-refractivity contribution is 0.0468. The molecule has 0 N–H and O–H groups in total. The normalized spacial score (nSPS) is 9.90. The maximum Gasteiger partial charge on any atom is 0.338 e. The lowest BCUT2D eigenvalue weighted by atomic mass is 10.1. The number of hydrogen-bond acceptors (Lipinski definition) is 4. The molecule has 21 heavy (non-hydrogen) atoms. The van der Waals surface area contributed by atoms with E-state index in [2.05, 4.69) is 0 Å². The smallest absolute Gasteiger partial charge is 0.338 e. The molecule has 0 aliphatic carbocycles. The highest BCUT2D eigenvalue weighted by atomic mass is 16.5. The van der Waals surface area contributed by atoms with Gasteiger partial charge in [0.25, 0.3) is 0 Å². The standard InChI is InChI=1S/C17H15NO3/c1-20-12-15-4-2-3-5-16(15)17(19)21-11-14-8-6-13(10-18)7-9-14/h2-9H,11-12H2,1H3. The van der Waals surface area contributed by atoms with Crippen LogP contribution in [0.25, 0.3) is 0 Å². The molecule has 4 heteroatoms. The van der Waals surface area contributed by atoms with E-state index in [0.29, 0.717) is 17.7 Å². The molecular formula is C17H15NO3. The lowest BCUT2D eigenvalue weighted by Crippen LogP contribution is -2.09. The van der Waals surface area contributed by atoms with Gasteiger partial charge in [0, 0.05) is 7.11 Å². The zero-order chi connectivity index (χ0) is 15.1. The molecule has 0 amide bonds. The van der Waals surface area contributed by atoms with Crippen LogP contribution in [-0.2, 0) is 22.7 Å². The quantitative estimate of drug-likeness (QED) is 0.790. The third-order valence-corrected chi connectivity index (χ3v) is 2.99. The molecule has 2 rings (SSSR count). The van der Waals surface area contributed by atoms with Crippen molar-refractivity contribution in [1.29, 1.82) is 5.26 Å². The summed E-state index contributed by atoms with van der Waals surface area (Å²) in [6.07, 6.45) is 0. The fourth-order valence-corrected chi connectivity index (χ4v) is 1.90. The van der Waals surface area contributed by atoms with Crippen LogP contribution in [0.2, 0.25) is 0 Å². The number of benzene rings is 2. The molecule has 0 saturated carbocycles. The molecule has 0 spiro atoms. The summed E-state index contributed by atoms with van der Waals surface area (Å²) in [5.74, 6) is -0.382. The maximum absolute atomic E-state index is 12.1. The van der Waals surface area contributed by atoms with Gasteiger partial charge in [-0.2, -0.15) is 5.26 Å². The van der Waals surface area contributed by atoms with Crippen molar-refractivity contribution in [2.24, 2.45) is 0 Å². The van der Waals surface area contributed by atoms with E-state index in [0.717, 1.165) is 11.1 Å². The van der Waals surface area contributed by atoms with Crippen LogP contribution in [0.4, 0.5) is 0 Å². The van der Waals surface area contributed by atoms with Gasteiger partial charge in [-0.1, -0.05) is 30.3 Å². The largest absolute Gasteiger partial charge is 0.457 e. The van der Waals surface area contributed by atoms with E-state index in [1.54, 1.807) is 43.5 Å². The second-order valence-corrected chi connectivity index (χ2v) is 4.48. The molecular weight excluding hydrogens is 266 g/mol. The number of nitrogens with zero attached hydrogens (tertiary/aromatic N) is 1. The highest BCUT2D eigenvalue weighted by Gasteiger charge is 2.12. The fraction of sp³-hybridized carbons (Fsp3) is 0.176. The number of esters is 1. The van der Waals surface area contributed by atoms with Crippen molar-refractivity contribution in [3.63, 3.8) is 0 Å². The molecule has 0 aromatic heterocycles. The molecule has 106 valence electrons. The van der Waals surface area contributed by atoms with Crippen molar-refractivity contribution in [2.75, 3.05) is 7.11 Å². The zero-order valence-corrected chi connectivity index (χ0v) is 11.7. The minimum absolute atomic E-state index is 0.172. The van der Waals surface area contributed by atoms with E-state index in [1.165, 1.54) is 0 Å². The first kappa shape index (κ1) is 14.8. The molecule has 0 radical (unpaired) electrons. The van der Waals surface area contributed by atoms with Crippen molar-refractivity contribution >= 4 is 5.97 Å². The van der Waals surface area contributed by atoms with E-state index in [4.69, 9.17) is 14.7 Å². The van der Waals surface area contributed by atoms with E-state index in [-0.39, 0.29) is 12.6 Å². The molecule has 0 fully saturated rings. The molecule has 2 aromatic carbocycles. The first-order valence-corrected chi connectivity index (χ1v) is 6.47. The van der Waals surface area contributed by atoms with Crippen molar-refractivity contribution in [1.82, 2.24) is 0 Å². The van der Waals surface area contributed by atoms with Crippen LogP contribution in [-0.4, -0.2) is 13.1 Å². The second kappa shape index (κ2) is 7.22. The number of rotatable bonds is 5. The molecule has 0 aliphatic rings. The summed E-state index contributed by atoms with van der Waals surface area (Å²) in [5, 5.41) is 8.73. The van der Waals surface area contributed by atoms with Crippen LogP contribution in [0.5, 0.6) is 0 Å². The van der Waals surface area contributed by atoms with Gasteiger partial charge in [-0.3, -0.25) is 0 Å². The highest BCUT2D eigenvalue weighted by Crippen LogP contribution is 2.13. The van der Waals surface area contributed by atoms with Crippen LogP contribution in [0.3, 0.4) is 0 Å². The number of carbonyl (C=O) groups excluding carboxylic acids is 1. The minimum Gasteiger partial charge on any atom is -0.457 e. The molecule has 0 bridgehead atoms. The molecule has 0 aliphatic heterocycles. The summed E-state index contributed by atoms with van der Waals surface area (Å²) >= 11 is 0. The lowest BCUT2D eigenvalue weighted by Gasteiger charge is -2.09. The molecule has 0 unspecified atom stereocenters. The monoisotopic (exact) mass is 281 g/mol. The van der Waals surface area contributed by atoms with Gasteiger partial charge in [0.15, 0.2) is 0 Å². The summed E-state index contributed by atoms with van der Waals surface area (Å²) in [5.41, 5.74) is 2.72. The molecule has 2 aromatic rings. The summed E-state index contributed by atoms with van der Waals surface area (Å²) < 4.78 is 10.4. The predicted molar refractivity (Wildman–Crippen MR) is 77.4 cm³/mol. The third-order valence-electron chi connectivity index (χ3n) is 2.99. The summed E-state index contributed by atoms with van der Waals surface area (Å²) in [7, 11) is 1.58. The number of carbonyl (C=O) groups is 1. The molecule has 0 atom stereocenters. The van der Waals surface area contributed by atoms with Crippen molar-refractivity contribution in [3.05, 3.63) is 70.8 Å². The Labute approximate surface area is 123 Å². The topological polar surface area (TPSA) is 59.3 Å². The van der Waals surface area contributed by atoms with Crippen molar-refractivity contribution in [3.8, 4) is 6.07 Å². The van der Waals surface area contributed by atoms with Gasteiger partial charge >= 0.3 is 5.97 Å². The van der Waals surface area contributed by atoms with Crippen molar-refractivity contribution < 1.29 is 14.3 Å². The Morgan fingerprint density at radius 2 is 1.81 bits per heavy atom. The number of hydrogen-bond donors (Lipinski definition) is 0. The Hall–Kier alpha value is -2.64. The zero-order valence-electron chi connectivity index (χ0n) is 11.7. The van der Waals surface area contributed by atoms with Gasteiger partial charge in [0.1, 0.15) is 6.61 Å². The molecule has 4 nitrogen and oxygen atoms in total. The van der Waals surface area contributed by atoms with Gasteiger partial charge in [0.2, 0.25) is 0 Å². The Morgan fingerprint density at radius 1 is 1.10 bits per heavy atom. The Bertz CT molecular complexity index is 656. The SMILES string of the molecule is COCc1ccccc1C(=O)OCc1ccc(C#N)cc1. The first-order valence-electron chi connectivity index (χ1n) is 6.47. The van der Waals surface area contributed by atoms with E-state index < -0.39 is 0 Å². The van der Waals surface area contributed by atoms with Crippen LogP contribution < -0.4 is 0 Å². The van der Waals surface area contributed by atoms with E-state index in [1.807, 2.05) is 18.2 Å². The Kier molecular flexibility index (Phi) is 5.08. The van der Waals surface area contributed by atoms with Gasteiger partial charge < -0.3 is 9.47 Å². The Morgan fingerprint density at radius 3 is 2.48 bits per heavy atom. The number of nitriles is 1. The van der Waals surface area contributed by atoms with Gasteiger partial charge in [-0.25, -0.2) is 4.79 Å². The van der Waals surface area contributed by atoms with Crippen LogP contribution in [0.1, 0.15) is 27.0 Å². The van der Waals surface area contributed by atoms with Crippen LogP contribution in [0.15, 0.2) is 48.5 Å². The van der Waals surface area contributed by atoms with Gasteiger partial charge in [-0.05, 0) is 29.3 Å².